The van der Waals surface area contributed by atoms with Gasteiger partial charge in [-0.25, -0.2) is 0 Å². The van der Waals surface area contributed by atoms with E-state index in [-0.39, 0.29) is 0 Å². The molecule has 0 aliphatic carbocycles. The van der Waals surface area contributed by atoms with Gasteiger partial charge in [-0.2, -0.15) is 0 Å². The van der Waals surface area contributed by atoms with Crippen molar-refractivity contribution in [3.63, 3.8) is 0 Å². The van der Waals surface area contributed by atoms with Crippen LogP contribution in [0.15, 0.2) is 24.3 Å². The Kier molecular flexibility index (Phi) is 7.20. The topological polar surface area (TPSA) is 24.5 Å². The smallest absolute Gasteiger partial charge is 0.0702 e. The van der Waals surface area contributed by atoms with Crippen molar-refractivity contribution in [2.75, 3.05) is 26.7 Å². The van der Waals surface area contributed by atoms with Crippen LogP contribution in [0.25, 0.3) is 0 Å². The van der Waals surface area contributed by atoms with Gasteiger partial charge in [0.25, 0.3) is 0 Å². The second kappa shape index (κ2) is 9.19. The average molecular weight is 290 g/mol. The number of ether oxygens (including phenoxy) is 1. The molecular formula is C18H30N2O. The first-order valence-corrected chi connectivity index (χ1v) is 8.36. The van der Waals surface area contributed by atoms with Crippen molar-refractivity contribution >= 4 is 0 Å². The molecule has 1 aliphatic rings. The van der Waals surface area contributed by atoms with E-state index in [9.17, 15) is 0 Å². The van der Waals surface area contributed by atoms with Gasteiger partial charge in [0.1, 0.15) is 0 Å². The Balaban J connectivity index is 1.73. The number of benzene rings is 1. The first-order chi connectivity index (χ1) is 10.3. The fourth-order valence-corrected chi connectivity index (χ4v) is 2.85. The maximum absolute atomic E-state index is 5.81. The summed E-state index contributed by atoms with van der Waals surface area (Å²) in [5.41, 5.74) is 2.75. The molecule has 0 spiro atoms. The van der Waals surface area contributed by atoms with Gasteiger partial charge in [-0.05, 0) is 50.4 Å². The molecular weight excluding hydrogens is 260 g/mol. The maximum Gasteiger partial charge on any atom is 0.0702 e. The number of hydrogen-bond acceptors (Lipinski definition) is 3. The molecule has 2 rings (SSSR count). The van der Waals surface area contributed by atoms with Crippen molar-refractivity contribution in [2.45, 2.75) is 51.8 Å². The molecule has 3 nitrogen and oxygen atoms in total. The third-order valence-electron chi connectivity index (χ3n) is 4.02. The Bertz CT molecular complexity index is 385. The van der Waals surface area contributed by atoms with E-state index < -0.39 is 0 Å². The number of rotatable bonds is 8. The largest absolute Gasteiger partial charge is 0.377 e. The minimum absolute atomic E-state index is 0.432. The maximum atomic E-state index is 5.81. The summed E-state index contributed by atoms with van der Waals surface area (Å²) in [5.74, 6) is 0. The van der Waals surface area contributed by atoms with Crippen molar-refractivity contribution in [1.29, 1.82) is 0 Å². The molecule has 0 saturated carbocycles. The predicted octanol–water partition coefficient (Wildman–Crippen LogP) is 3.19. The van der Waals surface area contributed by atoms with E-state index >= 15 is 0 Å². The Labute approximate surface area is 129 Å². The highest BCUT2D eigenvalue weighted by molar-refractivity contribution is 5.22. The zero-order chi connectivity index (χ0) is 14.9. The van der Waals surface area contributed by atoms with Crippen LogP contribution < -0.4 is 5.32 Å². The zero-order valence-electron chi connectivity index (χ0n) is 13.6. The van der Waals surface area contributed by atoms with Gasteiger partial charge in [0.15, 0.2) is 0 Å². The van der Waals surface area contributed by atoms with Gasteiger partial charge in [-0.1, -0.05) is 31.2 Å². The Morgan fingerprint density at radius 2 is 1.95 bits per heavy atom. The van der Waals surface area contributed by atoms with E-state index in [1.807, 2.05) is 0 Å². The predicted molar refractivity (Wildman–Crippen MR) is 88.4 cm³/mol. The fraction of sp³-hybridized carbons (Fsp3) is 0.667. The molecule has 1 N–H and O–H groups in total. The van der Waals surface area contributed by atoms with Crippen LogP contribution in [-0.4, -0.2) is 37.7 Å². The summed E-state index contributed by atoms with van der Waals surface area (Å²) in [6, 6.07) is 8.98. The van der Waals surface area contributed by atoms with Crippen LogP contribution in [0, 0.1) is 0 Å². The molecule has 0 aromatic heterocycles. The van der Waals surface area contributed by atoms with E-state index in [0.717, 1.165) is 32.8 Å². The highest BCUT2D eigenvalue weighted by Gasteiger charge is 2.15. The van der Waals surface area contributed by atoms with Gasteiger partial charge in [0.2, 0.25) is 0 Å². The van der Waals surface area contributed by atoms with Crippen LogP contribution in [0.5, 0.6) is 0 Å². The number of nitrogens with zero attached hydrogens (tertiary/aromatic N) is 1. The van der Waals surface area contributed by atoms with Crippen LogP contribution >= 0.6 is 0 Å². The van der Waals surface area contributed by atoms with E-state index in [1.165, 1.54) is 36.8 Å². The van der Waals surface area contributed by atoms with E-state index in [0.29, 0.717) is 6.10 Å². The Morgan fingerprint density at radius 1 is 1.19 bits per heavy atom. The normalized spacial score (nSPS) is 19.1. The summed E-state index contributed by atoms with van der Waals surface area (Å²) in [6.45, 7) is 7.24. The molecule has 3 heteroatoms. The van der Waals surface area contributed by atoms with Gasteiger partial charge in [0.05, 0.1) is 6.10 Å². The molecule has 1 aromatic rings. The second-order valence-electron chi connectivity index (χ2n) is 6.18. The first-order valence-electron chi connectivity index (χ1n) is 8.36. The summed E-state index contributed by atoms with van der Waals surface area (Å²) in [6.07, 6.45) is 5.38. The van der Waals surface area contributed by atoms with E-state index in [4.69, 9.17) is 4.74 Å². The molecule has 21 heavy (non-hydrogen) atoms. The average Bonchev–Trinajstić information content (AvgIpc) is 2.50. The highest BCUT2D eigenvalue weighted by Crippen LogP contribution is 2.14. The molecule has 1 unspecified atom stereocenters. The fourth-order valence-electron chi connectivity index (χ4n) is 2.85. The van der Waals surface area contributed by atoms with E-state index in [1.54, 1.807) is 0 Å². The highest BCUT2D eigenvalue weighted by atomic mass is 16.5. The first kappa shape index (κ1) is 16.5. The lowest BCUT2D eigenvalue weighted by atomic mass is 10.1. The monoisotopic (exact) mass is 290 g/mol. The second-order valence-corrected chi connectivity index (χ2v) is 6.18. The molecule has 1 atom stereocenters. The summed E-state index contributed by atoms with van der Waals surface area (Å²) < 4.78 is 5.81. The summed E-state index contributed by atoms with van der Waals surface area (Å²) in [7, 11) is 2.19. The SMILES string of the molecule is CCCNCc1ccc(CN(C)CC2CCCCO2)cc1. The molecule has 1 aromatic carbocycles. The minimum Gasteiger partial charge on any atom is -0.377 e. The molecule has 1 heterocycles. The minimum atomic E-state index is 0.432. The summed E-state index contributed by atoms with van der Waals surface area (Å²) in [5, 5.41) is 3.44. The van der Waals surface area contributed by atoms with Gasteiger partial charge >= 0.3 is 0 Å². The third kappa shape index (κ3) is 6.16. The van der Waals surface area contributed by atoms with Crippen molar-refractivity contribution in [3.05, 3.63) is 35.4 Å². The number of likely N-dealkylation sites (N-methyl/N-ethyl adjacent to an activating group) is 1. The van der Waals surface area contributed by atoms with E-state index in [2.05, 4.69) is 48.5 Å². The van der Waals surface area contributed by atoms with Gasteiger partial charge in [-0.15, -0.1) is 0 Å². The molecule has 1 aliphatic heterocycles. The molecule has 0 radical (unpaired) electrons. The van der Waals surface area contributed by atoms with Gasteiger partial charge < -0.3 is 10.1 Å². The molecule has 0 bridgehead atoms. The summed E-state index contributed by atoms with van der Waals surface area (Å²) >= 11 is 0. The van der Waals surface area contributed by atoms with Crippen molar-refractivity contribution in [1.82, 2.24) is 10.2 Å². The lowest BCUT2D eigenvalue weighted by Crippen LogP contribution is -2.33. The van der Waals surface area contributed by atoms with Gasteiger partial charge in [0, 0.05) is 26.2 Å². The molecule has 0 amide bonds. The van der Waals surface area contributed by atoms with Crippen LogP contribution in [0.2, 0.25) is 0 Å². The number of hydrogen-bond donors (Lipinski definition) is 1. The van der Waals surface area contributed by atoms with Crippen molar-refractivity contribution < 1.29 is 4.74 Å². The Hall–Kier alpha value is -0.900. The lowest BCUT2D eigenvalue weighted by molar-refractivity contribution is -0.00259. The van der Waals surface area contributed by atoms with Crippen molar-refractivity contribution in [2.24, 2.45) is 0 Å². The van der Waals surface area contributed by atoms with Crippen molar-refractivity contribution in [3.8, 4) is 0 Å². The quantitative estimate of drug-likeness (QED) is 0.744. The molecule has 1 fully saturated rings. The molecule has 118 valence electrons. The van der Waals surface area contributed by atoms with Crippen LogP contribution in [-0.2, 0) is 17.8 Å². The standard InChI is InChI=1S/C18H30N2O/c1-3-11-19-13-16-7-9-17(10-8-16)14-20(2)15-18-6-4-5-12-21-18/h7-10,18-19H,3-6,11-15H2,1-2H3. The van der Waals surface area contributed by atoms with Crippen LogP contribution in [0.1, 0.15) is 43.7 Å². The lowest BCUT2D eigenvalue weighted by Gasteiger charge is -2.27. The summed E-state index contributed by atoms with van der Waals surface area (Å²) in [4.78, 5) is 2.38. The number of nitrogens with one attached hydrogen (secondary N) is 1. The van der Waals surface area contributed by atoms with Gasteiger partial charge in [-0.3, -0.25) is 4.90 Å². The Morgan fingerprint density at radius 3 is 2.62 bits per heavy atom. The molecule has 1 saturated heterocycles. The zero-order valence-corrected chi connectivity index (χ0v) is 13.6. The van der Waals surface area contributed by atoms with Crippen LogP contribution in [0.4, 0.5) is 0 Å². The van der Waals surface area contributed by atoms with Crippen LogP contribution in [0.3, 0.4) is 0 Å². The third-order valence-corrected chi connectivity index (χ3v) is 4.02.